The molecule has 30 heavy (non-hydrogen) atoms. The Balaban J connectivity index is 1.45. The van der Waals surface area contributed by atoms with E-state index in [1.54, 1.807) is 11.1 Å². The molecule has 0 unspecified atom stereocenters. The van der Waals surface area contributed by atoms with Gasteiger partial charge in [-0.3, -0.25) is 19.5 Å². The summed E-state index contributed by atoms with van der Waals surface area (Å²) in [6.07, 6.45) is 6.01. The van der Waals surface area contributed by atoms with E-state index in [0.717, 1.165) is 24.0 Å². The number of pyridine rings is 1. The number of aryl methyl sites for hydroxylation is 1. The van der Waals surface area contributed by atoms with Gasteiger partial charge in [-0.1, -0.05) is 47.7 Å². The molecule has 1 saturated heterocycles. The minimum absolute atomic E-state index is 0.0788. The molecular formula is C23H24N4O2S. The SMILES string of the molecule is Cc1nc(N2CCC[C@H](Cc3cccnc3)C2=O)sc1C(=O)NCc1ccccc1. The number of hydrogen-bond acceptors (Lipinski definition) is 5. The number of aromatic nitrogens is 2. The maximum atomic E-state index is 13.1. The molecule has 4 rings (SSSR count). The van der Waals surface area contributed by atoms with Crippen LogP contribution in [0.25, 0.3) is 0 Å². The van der Waals surface area contributed by atoms with Crippen LogP contribution in [0.5, 0.6) is 0 Å². The summed E-state index contributed by atoms with van der Waals surface area (Å²) in [6, 6.07) is 13.7. The Morgan fingerprint density at radius 3 is 2.77 bits per heavy atom. The van der Waals surface area contributed by atoms with Gasteiger partial charge in [-0.25, -0.2) is 4.98 Å². The highest BCUT2D eigenvalue weighted by molar-refractivity contribution is 7.17. The molecule has 3 aromatic rings. The topological polar surface area (TPSA) is 75.2 Å². The second-order valence-corrected chi connectivity index (χ2v) is 8.45. The molecule has 3 heterocycles. The minimum Gasteiger partial charge on any atom is -0.347 e. The fraction of sp³-hybridized carbons (Fsp3) is 0.304. The predicted molar refractivity (Wildman–Crippen MR) is 117 cm³/mol. The molecule has 1 N–H and O–H groups in total. The van der Waals surface area contributed by atoms with Gasteiger partial charge in [-0.15, -0.1) is 0 Å². The fourth-order valence-electron chi connectivity index (χ4n) is 3.70. The summed E-state index contributed by atoms with van der Waals surface area (Å²) >= 11 is 1.29. The van der Waals surface area contributed by atoms with Crippen molar-refractivity contribution in [1.29, 1.82) is 0 Å². The Morgan fingerprint density at radius 1 is 1.20 bits per heavy atom. The van der Waals surface area contributed by atoms with Gasteiger partial charge >= 0.3 is 0 Å². The van der Waals surface area contributed by atoms with E-state index in [0.29, 0.717) is 35.2 Å². The molecule has 0 saturated carbocycles. The summed E-state index contributed by atoms with van der Waals surface area (Å²) in [5, 5.41) is 3.56. The predicted octanol–water partition coefficient (Wildman–Crippen LogP) is 3.76. The van der Waals surface area contributed by atoms with Crippen molar-refractivity contribution in [2.75, 3.05) is 11.4 Å². The van der Waals surface area contributed by atoms with Crippen molar-refractivity contribution in [2.24, 2.45) is 5.92 Å². The van der Waals surface area contributed by atoms with Crippen molar-refractivity contribution < 1.29 is 9.59 Å². The molecule has 0 bridgehead atoms. The van der Waals surface area contributed by atoms with Crippen LogP contribution in [0.2, 0.25) is 0 Å². The highest BCUT2D eigenvalue weighted by atomic mass is 32.1. The minimum atomic E-state index is -0.156. The van der Waals surface area contributed by atoms with Gasteiger partial charge in [-0.2, -0.15) is 0 Å². The van der Waals surface area contributed by atoms with Gasteiger partial charge in [0.05, 0.1) is 5.69 Å². The zero-order valence-electron chi connectivity index (χ0n) is 16.9. The highest BCUT2D eigenvalue weighted by Gasteiger charge is 2.32. The van der Waals surface area contributed by atoms with Crippen LogP contribution in [0.4, 0.5) is 5.13 Å². The number of nitrogens with one attached hydrogen (secondary N) is 1. The van der Waals surface area contributed by atoms with Crippen LogP contribution in [0.15, 0.2) is 54.9 Å². The van der Waals surface area contributed by atoms with Crippen LogP contribution >= 0.6 is 11.3 Å². The van der Waals surface area contributed by atoms with Gasteiger partial charge < -0.3 is 5.32 Å². The third kappa shape index (κ3) is 4.57. The van der Waals surface area contributed by atoms with E-state index in [2.05, 4.69) is 15.3 Å². The largest absolute Gasteiger partial charge is 0.347 e. The Labute approximate surface area is 180 Å². The van der Waals surface area contributed by atoms with Crippen molar-refractivity contribution in [3.8, 4) is 0 Å². The molecule has 154 valence electrons. The lowest BCUT2D eigenvalue weighted by molar-refractivity contribution is -0.123. The lowest BCUT2D eigenvalue weighted by Gasteiger charge is -2.30. The van der Waals surface area contributed by atoms with Crippen molar-refractivity contribution in [1.82, 2.24) is 15.3 Å². The maximum absolute atomic E-state index is 13.1. The quantitative estimate of drug-likeness (QED) is 0.659. The van der Waals surface area contributed by atoms with Crippen molar-refractivity contribution >= 4 is 28.3 Å². The molecule has 1 aromatic carbocycles. The second kappa shape index (κ2) is 9.17. The normalized spacial score (nSPS) is 16.5. The molecule has 0 aliphatic carbocycles. The standard InChI is InChI=1S/C23H24N4O2S/c1-16-20(21(28)25-15-17-7-3-2-4-8-17)30-23(26-16)27-12-6-10-19(22(27)29)13-18-9-5-11-24-14-18/h2-5,7-9,11,14,19H,6,10,12-13,15H2,1H3,(H,25,28)/t19-/m1/s1. The van der Waals surface area contributed by atoms with E-state index in [1.165, 1.54) is 11.3 Å². The van der Waals surface area contributed by atoms with Crippen LogP contribution in [0, 0.1) is 12.8 Å². The van der Waals surface area contributed by atoms with Crippen molar-refractivity contribution in [3.05, 3.63) is 76.6 Å². The van der Waals surface area contributed by atoms with Crippen LogP contribution in [0.1, 0.15) is 39.3 Å². The average Bonchev–Trinajstić information content (AvgIpc) is 3.16. The van der Waals surface area contributed by atoms with E-state index >= 15 is 0 Å². The van der Waals surface area contributed by atoms with E-state index < -0.39 is 0 Å². The third-order valence-electron chi connectivity index (χ3n) is 5.27. The molecule has 1 atom stereocenters. The first-order valence-corrected chi connectivity index (χ1v) is 10.9. The summed E-state index contributed by atoms with van der Waals surface area (Å²) in [7, 11) is 0. The summed E-state index contributed by atoms with van der Waals surface area (Å²) in [6.45, 7) is 2.92. The van der Waals surface area contributed by atoms with E-state index in [1.807, 2.05) is 55.6 Å². The highest BCUT2D eigenvalue weighted by Crippen LogP contribution is 2.31. The van der Waals surface area contributed by atoms with Crippen LogP contribution in [0.3, 0.4) is 0 Å². The monoisotopic (exact) mass is 420 g/mol. The van der Waals surface area contributed by atoms with Crippen LogP contribution in [-0.4, -0.2) is 28.3 Å². The van der Waals surface area contributed by atoms with Gasteiger partial charge in [0.1, 0.15) is 4.88 Å². The molecule has 6 nitrogen and oxygen atoms in total. The number of benzene rings is 1. The van der Waals surface area contributed by atoms with Crippen LogP contribution < -0.4 is 10.2 Å². The number of carbonyl (C=O) groups is 2. The van der Waals surface area contributed by atoms with Gasteiger partial charge in [0.15, 0.2) is 5.13 Å². The molecule has 0 spiro atoms. The first-order valence-electron chi connectivity index (χ1n) is 10.1. The lowest BCUT2D eigenvalue weighted by Crippen LogP contribution is -2.42. The zero-order valence-corrected chi connectivity index (χ0v) is 17.7. The second-order valence-electron chi connectivity index (χ2n) is 7.47. The number of amides is 2. The average molecular weight is 421 g/mol. The molecule has 1 aliphatic rings. The summed E-state index contributed by atoms with van der Waals surface area (Å²) < 4.78 is 0. The van der Waals surface area contributed by atoms with E-state index in [4.69, 9.17) is 0 Å². The van der Waals surface area contributed by atoms with E-state index in [9.17, 15) is 9.59 Å². The lowest BCUT2D eigenvalue weighted by atomic mass is 9.91. The summed E-state index contributed by atoms with van der Waals surface area (Å²) in [5.41, 5.74) is 2.76. The number of hydrogen-bond donors (Lipinski definition) is 1. The third-order valence-corrected chi connectivity index (χ3v) is 6.45. The number of carbonyl (C=O) groups excluding carboxylic acids is 2. The zero-order chi connectivity index (χ0) is 20.9. The number of rotatable bonds is 6. The first-order chi connectivity index (χ1) is 14.6. The molecule has 2 amide bonds. The Kier molecular flexibility index (Phi) is 6.18. The van der Waals surface area contributed by atoms with Gasteiger partial charge in [0.2, 0.25) is 5.91 Å². The molecular weight excluding hydrogens is 396 g/mol. The van der Waals surface area contributed by atoms with Gasteiger partial charge in [-0.05, 0) is 43.4 Å². The molecule has 0 radical (unpaired) electrons. The number of thiazole rings is 1. The van der Waals surface area contributed by atoms with Gasteiger partial charge in [0.25, 0.3) is 5.91 Å². The number of anilines is 1. The smallest absolute Gasteiger partial charge is 0.263 e. The Hall–Kier alpha value is -3.06. The molecule has 2 aromatic heterocycles. The van der Waals surface area contributed by atoms with E-state index in [-0.39, 0.29) is 17.7 Å². The Bertz CT molecular complexity index is 1020. The van der Waals surface area contributed by atoms with Crippen molar-refractivity contribution in [3.63, 3.8) is 0 Å². The number of nitrogens with zero attached hydrogens (tertiary/aromatic N) is 3. The fourth-order valence-corrected chi connectivity index (χ4v) is 4.71. The summed E-state index contributed by atoms with van der Waals surface area (Å²) in [4.78, 5) is 36.8. The number of piperidine rings is 1. The van der Waals surface area contributed by atoms with Gasteiger partial charge in [0, 0.05) is 31.4 Å². The molecule has 7 heteroatoms. The first kappa shape index (κ1) is 20.2. The molecule has 1 fully saturated rings. The maximum Gasteiger partial charge on any atom is 0.263 e. The Morgan fingerprint density at radius 2 is 2.00 bits per heavy atom. The van der Waals surface area contributed by atoms with Crippen molar-refractivity contribution in [2.45, 2.75) is 32.7 Å². The summed E-state index contributed by atoms with van der Waals surface area (Å²) in [5.74, 6) is -0.158. The van der Waals surface area contributed by atoms with Crippen LogP contribution in [-0.2, 0) is 17.8 Å². The molecule has 1 aliphatic heterocycles.